The Hall–Kier alpha value is -3.55. The molecule has 2 N–H and O–H groups in total. The molecule has 0 bridgehead atoms. The molecule has 1 fully saturated rings. The molecular weight excluding hydrogens is 493 g/mol. The molecule has 5 nitrogen and oxygen atoms in total. The first kappa shape index (κ1) is 24.8. The van der Waals surface area contributed by atoms with Gasteiger partial charge in [-0.25, -0.2) is 4.98 Å². The lowest BCUT2D eigenvalue weighted by Gasteiger charge is -2.42. The van der Waals surface area contributed by atoms with Crippen LogP contribution in [0.4, 0.5) is 10.1 Å². The maximum Gasteiger partial charge on any atom is 0.176 e. The van der Waals surface area contributed by atoms with Gasteiger partial charge in [-0.15, -0.1) is 11.3 Å². The second-order valence-corrected chi connectivity index (χ2v) is 11.3. The fourth-order valence-electron chi connectivity index (χ4n) is 5.59. The predicted molar refractivity (Wildman–Crippen MR) is 156 cm³/mol. The van der Waals surface area contributed by atoms with Crippen LogP contribution in [0.5, 0.6) is 0 Å². The highest BCUT2D eigenvalue weighted by Gasteiger charge is 2.42. The minimum absolute atomic E-state index is 0.216. The number of hydrogen-bond acceptors (Lipinski definition) is 5. The highest BCUT2D eigenvalue weighted by atomic mass is 32.1. The molecular formula is C31H32FN5S. The molecule has 6 rings (SSSR count). The zero-order valence-corrected chi connectivity index (χ0v) is 22.7. The zero-order valence-electron chi connectivity index (χ0n) is 21.9. The van der Waals surface area contributed by atoms with Gasteiger partial charge in [0, 0.05) is 34.4 Å². The van der Waals surface area contributed by atoms with E-state index < -0.39 is 5.54 Å². The fraction of sp³-hybridized carbons (Fsp3) is 0.290. The number of fused-ring (bicyclic) bond motifs is 2. The Morgan fingerprint density at radius 1 is 1.18 bits per heavy atom. The summed E-state index contributed by atoms with van der Waals surface area (Å²) < 4.78 is 13.7. The number of halogens is 1. The van der Waals surface area contributed by atoms with Crippen molar-refractivity contribution in [2.45, 2.75) is 38.6 Å². The number of H-pyrrole nitrogens is 1. The molecule has 2 aliphatic rings. The van der Waals surface area contributed by atoms with Crippen molar-refractivity contribution in [2.75, 3.05) is 25.0 Å². The normalized spacial score (nSPS) is 20.2. The van der Waals surface area contributed by atoms with Crippen LogP contribution in [0.2, 0.25) is 0 Å². The highest BCUT2D eigenvalue weighted by Crippen LogP contribution is 2.46. The van der Waals surface area contributed by atoms with Crippen LogP contribution >= 0.6 is 11.3 Å². The van der Waals surface area contributed by atoms with Crippen molar-refractivity contribution in [1.82, 2.24) is 19.9 Å². The van der Waals surface area contributed by atoms with E-state index in [1.54, 1.807) is 18.5 Å². The highest BCUT2D eigenvalue weighted by molar-refractivity contribution is 7.14. The van der Waals surface area contributed by atoms with Crippen LogP contribution in [0.3, 0.4) is 0 Å². The molecule has 0 radical (unpaired) electrons. The molecule has 1 atom stereocenters. The lowest BCUT2D eigenvalue weighted by Crippen LogP contribution is -2.43. The van der Waals surface area contributed by atoms with Gasteiger partial charge in [-0.3, -0.25) is 9.88 Å². The molecule has 7 heteroatoms. The van der Waals surface area contributed by atoms with Crippen LogP contribution in [0.15, 0.2) is 73.1 Å². The summed E-state index contributed by atoms with van der Waals surface area (Å²) in [4.78, 5) is 16.2. The molecule has 3 aromatic heterocycles. The van der Waals surface area contributed by atoms with Crippen molar-refractivity contribution in [3.8, 4) is 10.4 Å². The van der Waals surface area contributed by atoms with Crippen LogP contribution < -0.4 is 5.32 Å². The molecule has 0 aliphatic carbocycles. The summed E-state index contributed by atoms with van der Waals surface area (Å²) in [5, 5.41) is 3.38. The quantitative estimate of drug-likeness (QED) is 0.245. The topological polar surface area (TPSA) is 56.8 Å². The number of rotatable bonds is 7. The number of anilines is 1. The number of hydrogen-bond donors (Lipinski definition) is 2. The van der Waals surface area contributed by atoms with Gasteiger partial charge in [0.05, 0.1) is 11.7 Å². The number of nitrogens with zero attached hydrogens (tertiary/aromatic N) is 3. The zero-order chi connectivity index (χ0) is 26.3. The number of aromatic amines is 1. The first-order valence-corrected chi connectivity index (χ1v) is 14.0. The number of piperidine rings is 1. The summed E-state index contributed by atoms with van der Waals surface area (Å²) in [6, 6.07) is 9.85. The van der Waals surface area contributed by atoms with Gasteiger partial charge in [-0.05, 0) is 80.8 Å². The van der Waals surface area contributed by atoms with Gasteiger partial charge in [0.2, 0.25) is 0 Å². The number of pyridine rings is 1. The Balaban J connectivity index is 1.32. The molecule has 194 valence electrons. The third kappa shape index (κ3) is 4.40. The lowest BCUT2D eigenvalue weighted by molar-refractivity contribution is 0.248. The smallest absolute Gasteiger partial charge is 0.176 e. The van der Waals surface area contributed by atoms with Crippen LogP contribution in [-0.2, 0) is 5.54 Å². The average Bonchev–Trinajstić information content (AvgIpc) is 3.57. The van der Waals surface area contributed by atoms with Gasteiger partial charge < -0.3 is 10.3 Å². The largest absolute Gasteiger partial charge is 0.369 e. The maximum absolute atomic E-state index is 13.7. The van der Waals surface area contributed by atoms with Crippen molar-refractivity contribution in [2.24, 2.45) is 0 Å². The number of nitrogens with one attached hydrogen (secondary N) is 2. The molecule has 0 amide bonds. The van der Waals surface area contributed by atoms with Crippen molar-refractivity contribution in [3.05, 3.63) is 95.2 Å². The van der Waals surface area contributed by atoms with Crippen LogP contribution in [0, 0.1) is 5.13 Å². The Morgan fingerprint density at radius 2 is 2.03 bits per heavy atom. The Morgan fingerprint density at radius 3 is 2.76 bits per heavy atom. The third-order valence-electron chi connectivity index (χ3n) is 7.75. The molecule has 0 saturated carbocycles. The number of likely N-dealkylation sites (tertiary alicyclic amines) is 1. The number of benzene rings is 1. The van der Waals surface area contributed by atoms with Crippen LogP contribution in [0.1, 0.15) is 50.1 Å². The second kappa shape index (κ2) is 9.97. The summed E-state index contributed by atoms with van der Waals surface area (Å²) in [5.41, 5.74) is 7.89. The number of imidazole rings is 1. The standard InChI is InChI=1S/C31H32FN5S/c1-4-20(19-37-13-7-6-8-14-37)15-21(5-2)22-9-10-25-24(16-22)31(3,36-25)30-34-26-18-33-17-23(29(26)35-30)27-11-12-28(32)38-27/h4-5,9-12,15-18,36H,1,6-8,13-14,19H2,2-3H3,(H,34,35)/b20-15+,21-5+. The summed E-state index contributed by atoms with van der Waals surface area (Å²) >= 11 is 1.11. The summed E-state index contributed by atoms with van der Waals surface area (Å²) in [5.74, 6) is 0.817. The minimum Gasteiger partial charge on any atom is -0.369 e. The van der Waals surface area contributed by atoms with Gasteiger partial charge in [0.15, 0.2) is 5.13 Å². The summed E-state index contributed by atoms with van der Waals surface area (Å²) in [6.45, 7) is 11.6. The van der Waals surface area contributed by atoms with E-state index in [1.165, 1.54) is 47.6 Å². The Bertz CT molecular complexity index is 1570. The van der Waals surface area contributed by atoms with E-state index in [0.717, 1.165) is 64.0 Å². The molecule has 1 unspecified atom stereocenters. The SMILES string of the molecule is C=C/C(=C\C(=C/C)c1ccc2c(c1)C(C)(c1nc3c(-c4ccc(F)s4)cncc3[nH]1)N2)CN1CCCCC1. The summed E-state index contributed by atoms with van der Waals surface area (Å²) in [6.07, 6.45) is 13.9. The van der Waals surface area contributed by atoms with E-state index in [4.69, 9.17) is 4.98 Å². The number of thiophene rings is 1. The van der Waals surface area contributed by atoms with Gasteiger partial charge in [-0.1, -0.05) is 37.3 Å². The number of allylic oxidation sites excluding steroid dienone is 3. The van der Waals surface area contributed by atoms with Crippen LogP contribution in [-0.4, -0.2) is 39.5 Å². The fourth-order valence-corrected chi connectivity index (χ4v) is 6.34. The molecule has 1 aromatic carbocycles. The maximum atomic E-state index is 13.7. The van der Waals surface area contributed by atoms with Gasteiger partial charge in [0.25, 0.3) is 0 Å². The molecule has 38 heavy (non-hydrogen) atoms. The van der Waals surface area contributed by atoms with Crippen molar-refractivity contribution in [1.29, 1.82) is 0 Å². The monoisotopic (exact) mass is 525 g/mol. The van der Waals surface area contributed by atoms with Crippen molar-refractivity contribution >= 4 is 33.6 Å². The molecule has 0 spiro atoms. The first-order valence-electron chi connectivity index (χ1n) is 13.2. The second-order valence-electron chi connectivity index (χ2n) is 10.3. The average molecular weight is 526 g/mol. The minimum atomic E-state index is -0.472. The Kier molecular flexibility index (Phi) is 6.50. The van der Waals surface area contributed by atoms with E-state index >= 15 is 0 Å². The number of aromatic nitrogens is 3. The van der Waals surface area contributed by atoms with E-state index in [0.29, 0.717) is 0 Å². The van der Waals surface area contributed by atoms with E-state index in [-0.39, 0.29) is 5.13 Å². The molecule has 2 aliphatic heterocycles. The van der Waals surface area contributed by atoms with E-state index in [2.05, 4.69) is 71.0 Å². The Labute approximate surface area is 226 Å². The predicted octanol–water partition coefficient (Wildman–Crippen LogP) is 7.52. The lowest BCUT2D eigenvalue weighted by atomic mass is 9.80. The van der Waals surface area contributed by atoms with Crippen molar-refractivity contribution < 1.29 is 4.39 Å². The third-order valence-corrected chi connectivity index (χ3v) is 8.66. The summed E-state index contributed by atoms with van der Waals surface area (Å²) in [7, 11) is 0. The van der Waals surface area contributed by atoms with E-state index in [1.807, 2.05) is 6.08 Å². The molecule has 5 heterocycles. The molecule has 1 saturated heterocycles. The van der Waals surface area contributed by atoms with Gasteiger partial charge in [-0.2, -0.15) is 4.39 Å². The first-order chi connectivity index (χ1) is 18.5. The van der Waals surface area contributed by atoms with Gasteiger partial charge in [0.1, 0.15) is 16.9 Å². The molecule has 4 aromatic rings. The van der Waals surface area contributed by atoms with Crippen molar-refractivity contribution in [3.63, 3.8) is 0 Å². The van der Waals surface area contributed by atoms with Crippen LogP contribution in [0.25, 0.3) is 27.0 Å². The van der Waals surface area contributed by atoms with Gasteiger partial charge >= 0.3 is 0 Å². The van der Waals surface area contributed by atoms with E-state index in [9.17, 15) is 4.39 Å².